The van der Waals surface area contributed by atoms with Crippen molar-refractivity contribution in [3.8, 4) is 22.4 Å². The predicted molar refractivity (Wildman–Crippen MR) is 124 cm³/mol. The number of nitrogens with one attached hydrogen (secondary N) is 1. The number of nitrogens with zero attached hydrogens (tertiary/aromatic N) is 4. The maximum atomic E-state index is 13.7. The molecule has 4 aromatic rings. The predicted octanol–water partition coefficient (Wildman–Crippen LogP) is 3.66. The number of hydrogen-bond donors (Lipinski definition) is 2. The molecule has 33 heavy (non-hydrogen) atoms. The average molecular weight is 443 g/mol. The van der Waals surface area contributed by atoms with Crippen LogP contribution in [0.5, 0.6) is 0 Å². The second-order valence-corrected chi connectivity index (χ2v) is 8.59. The van der Waals surface area contributed by atoms with Crippen LogP contribution >= 0.6 is 0 Å². The van der Waals surface area contributed by atoms with Crippen molar-refractivity contribution < 1.29 is 14.3 Å². The minimum atomic E-state index is -0.305. The molecule has 1 saturated heterocycles. The summed E-state index contributed by atoms with van der Waals surface area (Å²) < 4.78 is 15.5. The van der Waals surface area contributed by atoms with Crippen LogP contribution in [0.15, 0.2) is 54.7 Å². The number of halogens is 1. The molecule has 6 rings (SSSR count). The van der Waals surface area contributed by atoms with Gasteiger partial charge in [-0.3, -0.25) is 4.79 Å². The van der Waals surface area contributed by atoms with Gasteiger partial charge in [-0.15, -0.1) is 0 Å². The van der Waals surface area contributed by atoms with Gasteiger partial charge >= 0.3 is 0 Å². The van der Waals surface area contributed by atoms with Gasteiger partial charge in [0.15, 0.2) is 0 Å². The third kappa shape index (κ3) is 3.43. The normalized spacial score (nSPS) is 16.3. The first-order valence-corrected chi connectivity index (χ1v) is 11.1. The number of carbonyl (C=O) groups excluding carboxylic acids is 1. The van der Waals surface area contributed by atoms with Gasteiger partial charge in [-0.1, -0.05) is 6.07 Å². The van der Waals surface area contributed by atoms with Crippen molar-refractivity contribution in [2.24, 2.45) is 0 Å². The zero-order valence-electron chi connectivity index (χ0n) is 17.8. The summed E-state index contributed by atoms with van der Waals surface area (Å²) in [6, 6.07) is 14.2. The van der Waals surface area contributed by atoms with Gasteiger partial charge < -0.3 is 15.3 Å². The maximum Gasteiger partial charge on any atom is 0.228 e. The van der Waals surface area contributed by atoms with Crippen LogP contribution in [0.1, 0.15) is 18.4 Å². The molecule has 0 unspecified atom stereocenters. The topological polar surface area (TPSA) is 82.8 Å². The van der Waals surface area contributed by atoms with E-state index in [0.717, 1.165) is 39.2 Å². The lowest BCUT2D eigenvalue weighted by Gasteiger charge is -2.30. The van der Waals surface area contributed by atoms with Crippen LogP contribution in [-0.2, 0) is 11.2 Å². The zero-order chi connectivity index (χ0) is 22.5. The van der Waals surface area contributed by atoms with E-state index in [-0.39, 0.29) is 17.8 Å². The van der Waals surface area contributed by atoms with Crippen molar-refractivity contribution in [2.45, 2.75) is 25.4 Å². The van der Waals surface area contributed by atoms with Gasteiger partial charge in [0.1, 0.15) is 11.5 Å². The van der Waals surface area contributed by atoms with Crippen molar-refractivity contribution in [1.29, 1.82) is 0 Å². The number of aromatic nitrogens is 3. The number of rotatable bonds is 3. The number of hydrogen-bond acceptors (Lipinski definition) is 5. The highest BCUT2D eigenvalue weighted by Gasteiger charge is 2.25. The fraction of sp³-hybridized carbons (Fsp3) is 0.240. The van der Waals surface area contributed by atoms with Crippen molar-refractivity contribution >= 4 is 23.1 Å². The quantitative estimate of drug-likeness (QED) is 0.505. The lowest BCUT2D eigenvalue weighted by atomic mass is 9.97. The number of aliphatic hydroxyl groups excluding tert-OH is 1. The number of fused-ring (bicyclic) bond motifs is 2. The number of anilines is 2. The molecule has 1 amide bonds. The van der Waals surface area contributed by atoms with Crippen LogP contribution in [0.2, 0.25) is 0 Å². The summed E-state index contributed by atoms with van der Waals surface area (Å²) in [6.45, 7) is 1.39. The van der Waals surface area contributed by atoms with Crippen LogP contribution in [0.25, 0.3) is 27.9 Å². The molecule has 0 saturated carbocycles. The average Bonchev–Trinajstić information content (AvgIpc) is 3.39. The summed E-state index contributed by atoms with van der Waals surface area (Å²) in [6.07, 6.45) is 3.20. The van der Waals surface area contributed by atoms with E-state index >= 15 is 0 Å². The Kier molecular flexibility index (Phi) is 4.62. The highest BCUT2D eigenvalue weighted by Crippen LogP contribution is 2.39. The van der Waals surface area contributed by atoms with Gasteiger partial charge in [0, 0.05) is 36.1 Å². The SMILES string of the molecule is O=C1Cc2cc(-c3c(-c4ccc(F)cc4)nn4c(N5CCC(O)CC5)nccc34)ccc2N1. The van der Waals surface area contributed by atoms with E-state index in [1.807, 2.05) is 28.8 Å². The fourth-order valence-electron chi connectivity index (χ4n) is 4.73. The zero-order valence-corrected chi connectivity index (χ0v) is 17.8. The second kappa shape index (κ2) is 7.67. The van der Waals surface area contributed by atoms with Gasteiger partial charge in [0.05, 0.1) is 18.0 Å². The molecule has 0 atom stereocenters. The van der Waals surface area contributed by atoms with Gasteiger partial charge in [-0.25, -0.2) is 9.37 Å². The largest absolute Gasteiger partial charge is 0.393 e. The van der Waals surface area contributed by atoms with Gasteiger partial charge in [0.2, 0.25) is 11.9 Å². The lowest BCUT2D eigenvalue weighted by molar-refractivity contribution is -0.115. The summed E-state index contributed by atoms with van der Waals surface area (Å²) in [5.74, 6) is 0.395. The summed E-state index contributed by atoms with van der Waals surface area (Å²) in [7, 11) is 0. The Morgan fingerprint density at radius 2 is 1.79 bits per heavy atom. The number of carbonyl (C=O) groups is 1. The Morgan fingerprint density at radius 1 is 1.03 bits per heavy atom. The summed E-state index contributed by atoms with van der Waals surface area (Å²) >= 11 is 0. The first-order chi connectivity index (χ1) is 16.1. The monoisotopic (exact) mass is 443 g/mol. The van der Waals surface area contributed by atoms with Crippen LogP contribution in [0.3, 0.4) is 0 Å². The molecule has 2 aliphatic heterocycles. The van der Waals surface area contributed by atoms with E-state index in [1.165, 1.54) is 12.1 Å². The van der Waals surface area contributed by atoms with E-state index in [2.05, 4.69) is 15.2 Å². The Labute approximate surface area is 189 Å². The van der Waals surface area contributed by atoms with Crippen molar-refractivity contribution in [2.75, 3.05) is 23.3 Å². The van der Waals surface area contributed by atoms with E-state index in [0.29, 0.717) is 38.3 Å². The van der Waals surface area contributed by atoms with E-state index in [1.54, 1.807) is 18.3 Å². The third-order valence-corrected chi connectivity index (χ3v) is 6.42. The molecule has 0 aliphatic carbocycles. The minimum absolute atomic E-state index is 0.0143. The van der Waals surface area contributed by atoms with Gasteiger partial charge in [0.25, 0.3) is 0 Å². The highest BCUT2D eigenvalue weighted by molar-refractivity contribution is 6.01. The van der Waals surface area contributed by atoms with Crippen LogP contribution in [0, 0.1) is 5.82 Å². The van der Waals surface area contributed by atoms with E-state index in [9.17, 15) is 14.3 Å². The molecule has 8 heteroatoms. The Morgan fingerprint density at radius 3 is 2.58 bits per heavy atom. The van der Waals surface area contributed by atoms with E-state index < -0.39 is 0 Å². The molecule has 2 aliphatic rings. The molecule has 7 nitrogen and oxygen atoms in total. The van der Waals surface area contributed by atoms with Crippen LogP contribution < -0.4 is 10.2 Å². The fourth-order valence-corrected chi connectivity index (χ4v) is 4.73. The van der Waals surface area contributed by atoms with Crippen LogP contribution in [-0.4, -0.2) is 44.8 Å². The Bertz CT molecular complexity index is 1370. The minimum Gasteiger partial charge on any atom is -0.393 e. The van der Waals surface area contributed by atoms with Crippen molar-refractivity contribution in [3.63, 3.8) is 0 Å². The molecule has 1 fully saturated rings. The summed E-state index contributed by atoms with van der Waals surface area (Å²) in [5.41, 5.74) is 6.01. The lowest BCUT2D eigenvalue weighted by Crippen LogP contribution is -2.37. The summed E-state index contributed by atoms with van der Waals surface area (Å²) in [4.78, 5) is 18.6. The highest BCUT2D eigenvalue weighted by atomic mass is 19.1. The third-order valence-electron chi connectivity index (χ3n) is 6.42. The number of benzene rings is 2. The summed E-state index contributed by atoms with van der Waals surface area (Å²) in [5, 5.41) is 17.7. The maximum absolute atomic E-state index is 13.7. The Balaban J connectivity index is 1.56. The van der Waals surface area contributed by atoms with Crippen molar-refractivity contribution in [3.05, 3.63) is 66.1 Å². The molecule has 166 valence electrons. The molecule has 2 aromatic heterocycles. The smallest absolute Gasteiger partial charge is 0.228 e. The number of piperidine rings is 1. The van der Waals surface area contributed by atoms with Gasteiger partial charge in [-0.2, -0.15) is 9.61 Å². The molecule has 0 bridgehead atoms. The molecule has 2 aromatic carbocycles. The molecular weight excluding hydrogens is 421 g/mol. The Hall–Kier alpha value is -3.78. The number of aliphatic hydroxyl groups is 1. The molecule has 2 N–H and O–H groups in total. The molecule has 0 spiro atoms. The molecule has 4 heterocycles. The molecular formula is C25H22FN5O2. The first-order valence-electron chi connectivity index (χ1n) is 11.1. The standard InChI is InChI=1S/C25H22FN5O2/c26-18-4-1-15(2-5-18)24-23(16-3-6-20-17(13-16)14-22(33)28-20)21-7-10-27-25(31(21)29-24)30-11-8-19(32)9-12-30/h1-7,10,13,19,32H,8-9,11-12,14H2,(H,28,33). The van der Waals surface area contributed by atoms with Crippen LogP contribution in [0.4, 0.5) is 16.0 Å². The first kappa shape index (κ1) is 19.9. The molecule has 0 radical (unpaired) electrons. The van der Waals surface area contributed by atoms with Crippen molar-refractivity contribution in [1.82, 2.24) is 14.6 Å². The van der Waals surface area contributed by atoms with E-state index in [4.69, 9.17) is 5.10 Å². The van der Waals surface area contributed by atoms with Gasteiger partial charge in [-0.05, 0) is 66.4 Å². The second-order valence-electron chi connectivity index (χ2n) is 8.59. The number of amides is 1.